The maximum Gasteiger partial charge on any atom is 0.346 e. The lowest BCUT2D eigenvalue weighted by atomic mass is 9.82. The Morgan fingerprint density at radius 2 is 2.36 bits per heavy atom. The molecule has 0 aliphatic carbocycles. The van der Waals surface area contributed by atoms with Gasteiger partial charge in [-0.2, -0.15) is 0 Å². The molecule has 2 heterocycles. The van der Waals surface area contributed by atoms with Gasteiger partial charge in [0.1, 0.15) is 5.82 Å². The molecule has 2 atom stereocenters. The van der Waals surface area contributed by atoms with Crippen LogP contribution in [0.5, 0.6) is 0 Å². The Balaban J connectivity index is 2.08. The predicted molar refractivity (Wildman–Crippen MR) is 80.2 cm³/mol. The molecular weight excluding hydrogens is 360 g/mol. The molecule has 0 saturated carbocycles. The van der Waals surface area contributed by atoms with Crippen LogP contribution in [0.1, 0.15) is 12.5 Å². The van der Waals surface area contributed by atoms with Crippen molar-refractivity contribution < 1.29 is 23.0 Å². The molecule has 3 rings (SSSR count). The monoisotopic (exact) mass is 375 g/mol. The van der Waals surface area contributed by atoms with Crippen LogP contribution in [-0.2, 0) is 20.7 Å². The third-order valence-corrected chi connectivity index (χ3v) is 4.76. The van der Waals surface area contributed by atoms with E-state index in [-0.39, 0.29) is 19.6 Å². The highest BCUT2D eigenvalue weighted by Crippen LogP contribution is 2.42. The molecule has 1 fully saturated rings. The van der Waals surface area contributed by atoms with Gasteiger partial charge in [0, 0.05) is 18.7 Å². The summed E-state index contributed by atoms with van der Waals surface area (Å²) in [6, 6.07) is 2.15. The van der Waals surface area contributed by atoms with Crippen LogP contribution in [0.25, 0.3) is 0 Å². The first kappa shape index (κ1) is 15.7. The molecule has 4 nitrogen and oxygen atoms in total. The highest BCUT2D eigenvalue weighted by molar-refractivity contribution is 9.10. The van der Waals surface area contributed by atoms with Crippen LogP contribution in [0, 0.1) is 5.82 Å². The van der Waals surface area contributed by atoms with Crippen LogP contribution in [0.3, 0.4) is 0 Å². The molecule has 2 unspecified atom stereocenters. The summed E-state index contributed by atoms with van der Waals surface area (Å²) in [5.41, 5.74) is -1.03. The lowest BCUT2D eigenvalue weighted by Gasteiger charge is -2.47. The second kappa shape index (κ2) is 5.77. The number of esters is 1. The van der Waals surface area contributed by atoms with E-state index in [1.54, 1.807) is 17.9 Å². The number of benzene rings is 1. The second-order valence-electron chi connectivity index (χ2n) is 5.44. The molecule has 0 N–H and O–H groups in total. The SMILES string of the molecule is CCOC(=O)C1(F)Cc2cc(F)c(Br)cc2N2CCOCC21. The zero-order chi connectivity index (χ0) is 15.9. The van der Waals surface area contributed by atoms with Crippen molar-refractivity contribution in [1.82, 2.24) is 0 Å². The van der Waals surface area contributed by atoms with Crippen molar-refractivity contribution in [3.8, 4) is 0 Å². The summed E-state index contributed by atoms with van der Waals surface area (Å²) in [5.74, 6) is -1.39. The number of fused-ring (bicyclic) bond motifs is 3. The van der Waals surface area contributed by atoms with E-state index in [2.05, 4.69) is 15.9 Å². The predicted octanol–water partition coefficient (Wildman–Crippen LogP) is 2.62. The van der Waals surface area contributed by atoms with Gasteiger partial charge in [-0.1, -0.05) is 0 Å². The molecule has 7 heteroatoms. The fraction of sp³-hybridized carbons (Fsp3) is 0.533. The standard InChI is InChI=1S/C15H16BrF2NO3/c1-2-22-14(20)15(18)7-9-5-11(17)10(16)6-12(9)19-3-4-21-8-13(15)19/h5-6,13H,2-4,7-8H2,1H3. The molecule has 1 saturated heterocycles. The van der Waals surface area contributed by atoms with E-state index in [1.807, 2.05) is 0 Å². The van der Waals surface area contributed by atoms with Gasteiger partial charge in [-0.15, -0.1) is 0 Å². The summed E-state index contributed by atoms with van der Waals surface area (Å²) in [6.45, 7) is 2.71. The van der Waals surface area contributed by atoms with E-state index in [0.717, 1.165) is 5.69 Å². The van der Waals surface area contributed by atoms with Crippen LogP contribution in [0.15, 0.2) is 16.6 Å². The fourth-order valence-electron chi connectivity index (χ4n) is 3.11. The first-order valence-electron chi connectivity index (χ1n) is 7.16. The summed E-state index contributed by atoms with van der Waals surface area (Å²) >= 11 is 3.15. The highest BCUT2D eigenvalue weighted by atomic mass is 79.9. The largest absolute Gasteiger partial charge is 0.464 e. The Hall–Kier alpha value is -1.21. The second-order valence-corrected chi connectivity index (χ2v) is 6.29. The summed E-state index contributed by atoms with van der Waals surface area (Å²) in [4.78, 5) is 13.9. The van der Waals surface area contributed by atoms with E-state index < -0.39 is 23.5 Å². The molecule has 2 aliphatic rings. The fourth-order valence-corrected chi connectivity index (χ4v) is 3.44. The molecule has 120 valence electrons. The number of anilines is 1. The molecule has 2 aliphatic heterocycles. The molecule has 1 aromatic carbocycles. The van der Waals surface area contributed by atoms with E-state index in [9.17, 15) is 9.18 Å². The number of ether oxygens (including phenoxy) is 2. The zero-order valence-electron chi connectivity index (χ0n) is 12.1. The van der Waals surface area contributed by atoms with Gasteiger partial charge < -0.3 is 14.4 Å². The highest BCUT2D eigenvalue weighted by Gasteiger charge is 2.55. The number of halogens is 3. The number of nitrogens with zero attached hydrogens (tertiary/aromatic N) is 1. The minimum absolute atomic E-state index is 0.0969. The summed E-state index contributed by atoms with van der Waals surface area (Å²) in [6.07, 6.45) is -0.212. The number of morpholine rings is 1. The van der Waals surface area contributed by atoms with Gasteiger partial charge in [-0.05, 0) is 40.5 Å². The van der Waals surface area contributed by atoms with Crippen LogP contribution in [-0.4, -0.2) is 44.0 Å². The Kier molecular flexibility index (Phi) is 4.11. The number of carbonyl (C=O) groups is 1. The third-order valence-electron chi connectivity index (χ3n) is 4.15. The van der Waals surface area contributed by atoms with Crippen molar-refractivity contribution in [1.29, 1.82) is 0 Å². The molecule has 22 heavy (non-hydrogen) atoms. The average Bonchev–Trinajstić information content (AvgIpc) is 2.50. The van der Waals surface area contributed by atoms with Gasteiger partial charge in [-0.3, -0.25) is 0 Å². The van der Waals surface area contributed by atoms with Crippen molar-refractivity contribution in [3.63, 3.8) is 0 Å². The quantitative estimate of drug-likeness (QED) is 0.744. The third kappa shape index (κ3) is 2.40. The van der Waals surface area contributed by atoms with Crippen LogP contribution >= 0.6 is 15.9 Å². The van der Waals surface area contributed by atoms with Crippen molar-refractivity contribution in [2.45, 2.75) is 25.1 Å². The van der Waals surface area contributed by atoms with Gasteiger partial charge in [-0.25, -0.2) is 13.6 Å². The van der Waals surface area contributed by atoms with Crippen LogP contribution < -0.4 is 4.90 Å². The minimum atomic E-state index is -2.23. The molecule has 0 radical (unpaired) electrons. The summed E-state index contributed by atoms with van der Waals surface area (Å²) in [7, 11) is 0. The van der Waals surface area contributed by atoms with Gasteiger partial charge in [0.25, 0.3) is 0 Å². The maximum atomic E-state index is 15.5. The number of rotatable bonds is 2. The topological polar surface area (TPSA) is 38.8 Å². The van der Waals surface area contributed by atoms with Crippen molar-refractivity contribution in [2.24, 2.45) is 0 Å². The molecular formula is C15H16BrF2NO3. The van der Waals surface area contributed by atoms with Gasteiger partial charge >= 0.3 is 5.97 Å². The number of hydrogen-bond acceptors (Lipinski definition) is 4. The first-order valence-corrected chi connectivity index (χ1v) is 7.95. The van der Waals surface area contributed by atoms with Gasteiger partial charge in [0.15, 0.2) is 0 Å². The van der Waals surface area contributed by atoms with Crippen molar-refractivity contribution in [2.75, 3.05) is 31.3 Å². The summed E-state index contributed by atoms with van der Waals surface area (Å²) < 4.78 is 39.9. The smallest absolute Gasteiger partial charge is 0.346 e. The van der Waals surface area contributed by atoms with Crippen molar-refractivity contribution >= 4 is 27.6 Å². The van der Waals surface area contributed by atoms with Crippen molar-refractivity contribution in [3.05, 3.63) is 28.0 Å². The summed E-state index contributed by atoms with van der Waals surface area (Å²) in [5, 5.41) is 0. The zero-order valence-corrected chi connectivity index (χ0v) is 13.7. The molecule has 1 aromatic rings. The number of hydrogen-bond donors (Lipinski definition) is 0. The number of alkyl halides is 1. The Bertz CT molecular complexity index is 613. The normalized spacial score (nSPS) is 27.1. The molecule has 0 amide bonds. The van der Waals surface area contributed by atoms with E-state index in [0.29, 0.717) is 23.2 Å². The lowest BCUT2D eigenvalue weighted by molar-refractivity contribution is -0.161. The minimum Gasteiger partial charge on any atom is -0.464 e. The Morgan fingerprint density at radius 1 is 1.59 bits per heavy atom. The van der Waals surface area contributed by atoms with E-state index in [4.69, 9.17) is 9.47 Å². The Labute approximate surface area is 135 Å². The van der Waals surface area contributed by atoms with Crippen LogP contribution in [0.2, 0.25) is 0 Å². The number of carbonyl (C=O) groups excluding carboxylic acids is 1. The Morgan fingerprint density at radius 3 is 3.09 bits per heavy atom. The molecule has 0 spiro atoms. The lowest BCUT2D eigenvalue weighted by Crippen LogP contribution is -2.64. The van der Waals surface area contributed by atoms with E-state index in [1.165, 1.54) is 6.07 Å². The first-order chi connectivity index (χ1) is 10.5. The maximum absolute atomic E-state index is 15.5. The van der Waals surface area contributed by atoms with Gasteiger partial charge in [0.05, 0.1) is 30.3 Å². The molecule has 0 bridgehead atoms. The van der Waals surface area contributed by atoms with Gasteiger partial charge in [0.2, 0.25) is 5.67 Å². The molecule has 0 aromatic heterocycles. The van der Waals surface area contributed by atoms with Crippen LogP contribution in [0.4, 0.5) is 14.5 Å². The average molecular weight is 376 g/mol. The van der Waals surface area contributed by atoms with E-state index >= 15 is 4.39 Å².